The van der Waals surface area contributed by atoms with Gasteiger partial charge in [-0.2, -0.15) is 0 Å². The first-order valence-electron chi connectivity index (χ1n) is 9.03. The number of imide groups is 1. The zero-order chi connectivity index (χ0) is 22.5. The summed E-state index contributed by atoms with van der Waals surface area (Å²) in [6, 6.07) is 9.84. The maximum atomic E-state index is 12.4. The minimum Gasteiger partial charge on any atom is -0.493 e. The molecular weight excluding hydrogens is 486 g/mol. The van der Waals surface area contributed by atoms with Crippen molar-refractivity contribution in [1.82, 2.24) is 4.90 Å². The lowest BCUT2D eigenvalue weighted by molar-refractivity contribution is -0.122. The van der Waals surface area contributed by atoms with E-state index in [1.807, 2.05) is 0 Å². The van der Waals surface area contributed by atoms with Gasteiger partial charge < -0.3 is 14.6 Å². The van der Waals surface area contributed by atoms with Gasteiger partial charge >= 0.3 is 5.97 Å². The number of amides is 2. The van der Waals surface area contributed by atoms with Crippen LogP contribution in [0.3, 0.4) is 0 Å². The molecule has 0 aliphatic carbocycles. The molecule has 2 amide bonds. The quantitative estimate of drug-likeness (QED) is 0.401. The monoisotopic (exact) mass is 503 g/mol. The fourth-order valence-corrected chi connectivity index (χ4v) is 4.22. The van der Waals surface area contributed by atoms with Crippen LogP contribution in [-0.2, 0) is 11.4 Å². The Balaban J connectivity index is 1.80. The van der Waals surface area contributed by atoms with Crippen LogP contribution in [-0.4, -0.2) is 40.8 Å². The van der Waals surface area contributed by atoms with E-state index in [0.717, 1.165) is 22.2 Å². The Bertz CT molecular complexity index is 1080. The lowest BCUT2D eigenvalue weighted by Gasteiger charge is -2.14. The van der Waals surface area contributed by atoms with Crippen molar-refractivity contribution in [3.8, 4) is 11.5 Å². The largest absolute Gasteiger partial charge is 0.493 e. The van der Waals surface area contributed by atoms with Gasteiger partial charge in [0.15, 0.2) is 11.5 Å². The number of aromatic carboxylic acids is 1. The fraction of sp³-hybridized carbons (Fsp3) is 0.136. The number of hydrogen-bond donors (Lipinski definition) is 1. The molecule has 9 heteroatoms. The van der Waals surface area contributed by atoms with Crippen LogP contribution in [0.2, 0.25) is 0 Å². The molecular formula is C22H18BrNO6S. The topological polar surface area (TPSA) is 93.1 Å². The molecule has 0 unspecified atom stereocenters. The highest BCUT2D eigenvalue weighted by molar-refractivity contribution is 9.10. The van der Waals surface area contributed by atoms with Crippen molar-refractivity contribution in [2.75, 3.05) is 13.7 Å². The van der Waals surface area contributed by atoms with Gasteiger partial charge in [-0.15, -0.1) is 6.58 Å². The number of ether oxygens (including phenoxy) is 2. The summed E-state index contributed by atoms with van der Waals surface area (Å²) < 4.78 is 11.9. The van der Waals surface area contributed by atoms with Crippen molar-refractivity contribution < 1.29 is 29.0 Å². The van der Waals surface area contributed by atoms with Crippen molar-refractivity contribution in [3.63, 3.8) is 0 Å². The first-order chi connectivity index (χ1) is 14.8. The molecule has 1 fully saturated rings. The van der Waals surface area contributed by atoms with E-state index in [4.69, 9.17) is 14.6 Å². The van der Waals surface area contributed by atoms with Crippen LogP contribution in [0.25, 0.3) is 6.08 Å². The highest BCUT2D eigenvalue weighted by Gasteiger charge is 2.34. The number of thioether (sulfide) groups is 1. The summed E-state index contributed by atoms with van der Waals surface area (Å²) in [5, 5.41) is 8.64. The Labute approximate surface area is 191 Å². The molecule has 2 aromatic rings. The number of halogens is 1. The summed E-state index contributed by atoms with van der Waals surface area (Å²) in [5.41, 5.74) is 1.65. The molecule has 1 aliphatic heterocycles. The van der Waals surface area contributed by atoms with E-state index in [1.165, 1.54) is 25.3 Å². The number of carbonyl (C=O) groups is 3. The van der Waals surface area contributed by atoms with E-state index in [0.29, 0.717) is 26.4 Å². The van der Waals surface area contributed by atoms with Crippen molar-refractivity contribution >= 4 is 50.9 Å². The van der Waals surface area contributed by atoms with E-state index in [2.05, 4.69) is 22.5 Å². The molecule has 0 spiro atoms. The summed E-state index contributed by atoms with van der Waals surface area (Å²) >= 11 is 4.33. The Kier molecular flexibility index (Phi) is 7.19. The molecule has 31 heavy (non-hydrogen) atoms. The predicted molar refractivity (Wildman–Crippen MR) is 121 cm³/mol. The molecule has 1 heterocycles. The first kappa shape index (κ1) is 22.6. The summed E-state index contributed by atoms with van der Waals surface area (Å²) in [6.07, 6.45) is 3.12. The third-order valence-corrected chi connectivity index (χ3v) is 5.82. The van der Waals surface area contributed by atoms with Gasteiger partial charge in [0, 0.05) is 6.54 Å². The number of benzene rings is 2. The minimum atomic E-state index is -0.991. The number of carboxylic acids is 1. The van der Waals surface area contributed by atoms with Gasteiger partial charge in [0.25, 0.3) is 11.1 Å². The molecule has 0 aromatic heterocycles. The third kappa shape index (κ3) is 5.18. The lowest BCUT2D eigenvalue weighted by Crippen LogP contribution is -2.27. The van der Waals surface area contributed by atoms with Gasteiger partial charge in [-0.1, -0.05) is 18.2 Å². The van der Waals surface area contributed by atoms with Crippen molar-refractivity contribution in [2.24, 2.45) is 0 Å². The Morgan fingerprint density at radius 2 is 1.97 bits per heavy atom. The third-order valence-electron chi connectivity index (χ3n) is 4.32. The van der Waals surface area contributed by atoms with Gasteiger partial charge in [-0.25, -0.2) is 4.79 Å². The number of rotatable bonds is 8. The highest BCUT2D eigenvalue weighted by atomic mass is 79.9. The van der Waals surface area contributed by atoms with Gasteiger partial charge in [0.1, 0.15) is 6.61 Å². The van der Waals surface area contributed by atoms with Gasteiger partial charge in [-0.05, 0) is 69.2 Å². The molecule has 0 atom stereocenters. The normalized spacial score (nSPS) is 14.8. The Morgan fingerprint density at radius 3 is 2.58 bits per heavy atom. The molecule has 3 rings (SSSR count). The second-order valence-corrected chi connectivity index (χ2v) is 8.25. The average molecular weight is 504 g/mol. The number of carboxylic acid groups (broad SMARTS) is 1. The Hall–Kier alpha value is -3.04. The second kappa shape index (κ2) is 9.84. The number of hydrogen-bond acceptors (Lipinski definition) is 6. The summed E-state index contributed by atoms with van der Waals surface area (Å²) in [6.45, 7) is 3.92. The van der Waals surface area contributed by atoms with Crippen LogP contribution in [0.5, 0.6) is 11.5 Å². The maximum Gasteiger partial charge on any atom is 0.335 e. The summed E-state index contributed by atoms with van der Waals surface area (Å²) in [7, 11) is 1.50. The standard InChI is InChI=1S/C22H18BrNO6S/c1-3-8-24-20(25)18(31-22(24)28)11-14-9-16(23)19(17(10-14)29-2)30-12-13-4-6-15(7-5-13)21(26)27/h3-7,9-11H,1,8,12H2,2H3,(H,26,27)/b18-11+. The van der Waals surface area contributed by atoms with E-state index in [-0.39, 0.29) is 29.9 Å². The molecule has 160 valence electrons. The van der Waals surface area contributed by atoms with Crippen LogP contribution in [0, 0.1) is 0 Å². The van der Waals surface area contributed by atoms with Crippen LogP contribution < -0.4 is 9.47 Å². The highest BCUT2D eigenvalue weighted by Crippen LogP contribution is 2.39. The van der Waals surface area contributed by atoms with E-state index < -0.39 is 5.97 Å². The SMILES string of the molecule is C=CCN1C(=O)S/C(=C/c2cc(Br)c(OCc3ccc(C(=O)O)cc3)c(OC)c2)C1=O. The molecule has 7 nitrogen and oxygen atoms in total. The second-order valence-electron chi connectivity index (χ2n) is 6.41. The zero-order valence-corrected chi connectivity index (χ0v) is 18.9. The fourth-order valence-electron chi connectivity index (χ4n) is 2.80. The number of methoxy groups -OCH3 is 1. The lowest BCUT2D eigenvalue weighted by atomic mass is 10.1. The van der Waals surface area contributed by atoms with E-state index in [9.17, 15) is 14.4 Å². The molecule has 0 saturated carbocycles. The van der Waals surface area contributed by atoms with Crippen LogP contribution >= 0.6 is 27.7 Å². The molecule has 0 bridgehead atoms. The maximum absolute atomic E-state index is 12.4. The number of nitrogens with zero attached hydrogens (tertiary/aromatic N) is 1. The molecule has 1 N–H and O–H groups in total. The average Bonchev–Trinajstić information content (AvgIpc) is 3.00. The zero-order valence-electron chi connectivity index (χ0n) is 16.5. The van der Waals surface area contributed by atoms with E-state index >= 15 is 0 Å². The van der Waals surface area contributed by atoms with Gasteiger partial charge in [0.2, 0.25) is 0 Å². The van der Waals surface area contributed by atoms with Crippen molar-refractivity contribution in [2.45, 2.75) is 6.61 Å². The first-order valence-corrected chi connectivity index (χ1v) is 10.6. The van der Waals surface area contributed by atoms with Crippen molar-refractivity contribution in [3.05, 3.63) is 75.1 Å². The van der Waals surface area contributed by atoms with Crippen LogP contribution in [0.15, 0.2) is 58.4 Å². The minimum absolute atomic E-state index is 0.162. The van der Waals surface area contributed by atoms with Crippen LogP contribution in [0.4, 0.5) is 4.79 Å². The molecule has 2 aromatic carbocycles. The summed E-state index contributed by atoms with van der Waals surface area (Å²) in [5.74, 6) is -0.459. The van der Waals surface area contributed by atoms with Gasteiger partial charge in [-0.3, -0.25) is 14.5 Å². The molecule has 1 saturated heterocycles. The molecule has 0 radical (unpaired) electrons. The Morgan fingerprint density at radius 1 is 1.26 bits per heavy atom. The summed E-state index contributed by atoms with van der Waals surface area (Å²) in [4.78, 5) is 36.8. The van der Waals surface area contributed by atoms with Crippen LogP contribution in [0.1, 0.15) is 21.5 Å². The van der Waals surface area contributed by atoms with E-state index in [1.54, 1.807) is 30.3 Å². The van der Waals surface area contributed by atoms with Gasteiger partial charge in [0.05, 0.1) is 22.1 Å². The smallest absolute Gasteiger partial charge is 0.335 e. The van der Waals surface area contributed by atoms with Crippen molar-refractivity contribution in [1.29, 1.82) is 0 Å². The number of carbonyl (C=O) groups excluding carboxylic acids is 2. The molecule has 1 aliphatic rings. The predicted octanol–water partition coefficient (Wildman–Crippen LogP) is 4.96.